The van der Waals surface area contributed by atoms with Crippen molar-refractivity contribution in [1.82, 2.24) is 0 Å². The number of allylic oxidation sites excluding steroid dienone is 1. The molecule has 0 fully saturated rings. The van der Waals surface area contributed by atoms with Gasteiger partial charge < -0.3 is 20.8 Å². The third-order valence-corrected chi connectivity index (χ3v) is 5.85. The van der Waals surface area contributed by atoms with Crippen LogP contribution in [0.2, 0.25) is 10.0 Å². The molecule has 4 rings (SSSR count). The van der Waals surface area contributed by atoms with Crippen LogP contribution in [-0.4, -0.2) is 16.8 Å². The highest BCUT2D eigenvalue weighted by molar-refractivity contribution is 6.32. The van der Waals surface area contributed by atoms with Gasteiger partial charge in [0.1, 0.15) is 11.9 Å². The minimum atomic E-state index is -1.01. The minimum Gasteiger partial charge on any atom is -0.393 e. The zero-order chi connectivity index (χ0) is 21.1. The molecule has 3 aromatic rings. The van der Waals surface area contributed by atoms with Crippen molar-refractivity contribution in [2.45, 2.75) is 18.9 Å². The molecule has 0 unspecified atom stereocenters. The van der Waals surface area contributed by atoms with Gasteiger partial charge in [0.05, 0.1) is 18.0 Å². The lowest BCUT2D eigenvalue weighted by Gasteiger charge is -2.17. The average Bonchev–Trinajstić information content (AvgIpc) is 3.18. The van der Waals surface area contributed by atoms with Gasteiger partial charge in [-0.2, -0.15) is 0 Å². The lowest BCUT2D eigenvalue weighted by atomic mass is 9.96. The molecule has 1 aliphatic heterocycles. The number of para-hydroxylation sites is 2. The Labute approximate surface area is 185 Å². The number of rotatable bonds is 6. The van der Waals surface area contributed by atoms with Crippen molar-refractivity contribution < 1.29 is 10.2 Å². The maximum absolute atomic E-state index is 10.1. The highest BCUT2D eigenvalue weighted by Gasteiger charge is 2.20. The lowest BCUT2D eigenvalue weighted by Crippen LogP contribution is -2.10. The molecular weight excluding hydrogens is 419 g/mol. The van der Waals surface area contributed by atoms with E-state index in [1.165, 1.54) is 0 Å². The first kappa shape index (κ1) is 20.8. The molecule has 3 aromatic carbocycles. The van der Waals surface area contributed by atoms with E-state index in [2.05, 4.69) is 10.6 Å². The summed E-state index contributed by atoms with van der Waals surface area (Å²) >= 11 is 12.8. The van der Waals surface area contributed by atoms with Gasteiger partial charge in [-0.1, -0.05) is 65.7 Å². The second-order valence-electron chi connectivity index (χ2n) is 7.28. The summed E-state index contributed by atoms with van der Waals surface area (Å²) in [5.41, 5.74) is 5.64. The van der Waals surface area contributed by atoms with E-state index in [0.29, 0.717) is 28.5 Å². The van der Waals surface area contributed by atoms with Crippen LogP contribution in [0.25, 0.3) is 0 Å². The number of hydrogen-bond acceptors (Lipinski definition) is 4. The first-order chi connectivity index (χ1) is 14.5. The number of nitrogens with one attached hydrogen (secondary N) is 2. The summed E-state index contributed by atoms with van der Waals surface area (Å²) in [4.78, 5) is 0. The summed E-state index contributed by atoms with van der Waals surface area (Å²) < 4.78 is 0. The number of fused-ring (bicyclic) bond motifs is 1. The molecule has 30 heavy (non-hydrogen) atoms. The average molecular weight is 441 g/mol. The topological polar surface area (TPSA) is 64.5 Å². The molecule has 6 heteroatoms. The number of aliphatic hydroxyl groups excluding tert-OH is 2. The molecule has 0 saturated carbocycles. The predicted molar refractivity (Wildman–Crippen MR) is 123 cm³/mol. The summed E-state index contributed by atoms with van der Waals surface area (Å²) in [5.74, 6) is 0.917. The van der Waals surface area contributed by atoms with Gasteiger partial charge in [-0.15, -0.1) is 0 Å². The van der Waals surface area contributed by atoms with Gasteiger partial charge in [0.2, 0.25) is 0 Å². The van der Waals surface area contributed by atoms with Crippen molar-refractivity contribution in [1.29, 1.82) is 0 Å². The van der Waals surface area contributed by atoms with Gasteiger partial charge in [0.25, 0.3) is 0 Å². The maximum atomic E-state index is 10.1. The van der Waals surface area contributed by atoms with Crippen LogP contribution in [0.5, 0.6) is 0 Å². The number of hydrogen-bond donors (Lipinski definition) is 4. The molecular formula is C24H22Cl2N2O2. The number of anilines is 2. The highest BCUT2D eigenvalue weighted by Crippen LogP contribution is 2.34. The van der Waals surface area contributed by atoms with Crippen LogP contribution in [0.4, 0.5) is 11.4 Å². The molecule has 0 bridgehead atoms. The van der Waals surface area contributed by atoms with Gasteiger partial charge in [-0.25, -0.2) is 0 Å². The minimum absolute atomic E-state index is 0.377. The zero-order valence-corrected chi connectivity index (χ0v) is 17.7. The van der Waals surface area contributed by atoms with Gasteiger partial charge in [-0.05, 0) is 53.8 Å². The van der Waals surface area contributed by atoms with Crippen molar-refractivity contribution in [3.63, 3.8) is 0 Å². The quantitative estimate of drug-likeness (QED) is 0.405. The summed E-state index contributed by atoms with van der Waals surface area (Å²) in [6.45, 7) is -0.377. The second kappa shape index (κ2) is 9.11. The van der Waals surface area contributed by atoms with Crippen LogP contribution in [-0.2, 0) is 12.8 Å². The molecule has 0 aromatic heterocycles. The Kier molecular flexibility index (Phi) is 6.30. The van der Waals surface area contributed by atoms with E-state index in [0.717, 1.165) is 33.9 Å². The van der Waals surface area contributed by atoms with E-state index >= 15 is 0 Å². The molecule has 1 atom stereocenters. The molecule has 4 nitrogen and oxygen atoms in total. The van der Waals surface area contributed by atoms with E-state index in [1.54, 1.807) is 6.07 Å². The molecule has 0 amide bonds. The van der Waals surface area contributed by atoms with Crippen LogP contribution >= 0.6 is 23.2 Å². The summed E-state index contributed by atoms with van der Waals surface area (Å²) in [5, 5.41) is 27.5. The zero-order valence-electron chi connectivity index (χ0n) is 16.2. The molecule has 0 spiro atoms. The van der Waals surface area contributed by atoms with Gasteiger partial charge in [0, 0.05) is 15.6 Å². The molecule has 4 N–H and O–H groups in total. The van der Waals surface area contributed by atoms with E-state index < -0.39 is 6.10 Å². The Morgan fingerprint density at radius 3 is 2.23 bits per heavy atom. The van der Waals surface area contributed by atoms with Crippen LogP contribution in [0, 0.1) is 0 Å². The fourth-order valence-electron chi connectivity index (χ4n) is 3.63. The van der Waals surface area contributed by atoms with Crippen molar-refractivity contribution in [2.24, 2.45) is 0 Å². The molecule has 1 heterocycles. The summed E-state index contributed by atoms with van der Waals surface area (Å²) in [6.07, 6.45) is 0.238. The molecule has 0 saturated heterocycles. The van der Waals surface area contributed by atoms with E-state index in [9.17, 15) is 10.2 Å². The molecule has 0 aliphatic carbocycles. The Hall–Kier alpha value is -2.50. The molecule has 0 radical (unpaired) electrons. The first-order valence-electron chi connectivity index (χ1n) is 9.71. The Bertz CT molecular complexity index is 1070. The third kappa shape index (κ3) is 4.47. The van der Waals surface area contributed by atoms with Crippen LogP contribution in [0.3, 0.4) is 0 Å². The Morgan fingerprint density at radius 1 is 0.867 bits per heavy atom. The number of benzene rings is 3. The Morgan fingerprint density at radius 2 is 1.57 bits per heavy atom. The van der Waals surface area contributed by atoms with Crippen LogP contribution in [0.15, 0.2) is 78.1 Å². The number of aliphatic hydroxyl groups is 2. The van der Waals surface area contributed by atoms with Gasteiger partial charge >= 0.3 is 0 Å². The number of halogens is 2. The SMILES string of the molecule is OC[C@H](O)c1cccc(CC(Cc2cccc(Cl)c2)=C2Nc3ccccc3N2)c1Cl. The van der Waals surface area contributed by atoms with Gasteiger partial charge in [-0.3, -0.25) is 0 Å². The van der Waals surface area contributed by atoms with E-state index in [-0.39, 0.29) is 6.61 Å². The fraction of sp³-hybridized carbons (Fsp3) is 0.167. The monoisotopic (exact) mass is 440 g/mol. The standard InChI is InChI=1S/C24H22Cl2N2O2/c25-18-7-3-5-15(12-18)11-17(24-27-20-9-1-2-10-21(20)28-24)13-16-6-4-8-19(23(16)26)22(30)14-29/h1-10,12,22,27-30H,11,13-14H2/t22-/m0/s1. The van der Waals surface area contributed by atoms with Crippen molar-refractivity contribution >= 4 is 34.6 Å². The largest absolute Gasteiger partial charge is 0.393 e. The summed E-state index contributed by atoms with van der Waals surface area (Å²) in [7, 11) is 0. The predicted octanol–water partition coefficient (Wildman–Crippen LogP) is 5.55. The van der Waals surface area contributed by atoms with Crippen LogP contribution < -0.4 is 10.6 Å². The van der Waals surface area contributed by atoms with Crippen molar-refractivity contribution in [2.75, 3.05) is 17.2 Å². The second-order valence-corrected chi connectivity index (χ2v) is 8.09. The normalized spacial score (nSPS) is 13.4. The van der Waals surface area contributed by atoms with Crippen LogP contribution in [0.1, 0.15) is 22.8 Å². The van der Waals surface area contributed by atoms with Crippen molar-refractivity contribution in [3.8, 4) is 0 Å². The maximum Gasteiger partial charge on any atom is 0.108 e. The lowest BCUT2D eigenvalue weighted by molar-refractivity contribution is 0.0956. The fourth-order valence-corrected chi connectivity index (χ4v) is 4.16. The first-order valence-corrected chi connectivity index (χ1v) is 10.5. The molecule has 1 aliphatic rings. The summed E-state index contributed by atoms with van der Waals surface area (Å²) in [6, 6.07) is 21.4. The highest BCUT2D eigenvalue weighted by atomic mass is 35.5. The third-order valence-electron chi connectivity index (χ3n) is 5.15. The van der Waals surface area contributed by atoms with Crippen molar-refractivity contribution in [3.05, 3.63) is 105 Å². The molecule has 154 valence electrons. The van der Waals surface area contributed by atoms with Gasteiger partial charge in [0.15, 0.2) is 0 Å². The smallest absolute Gasteiger partial charge is 0.108 e. The van der Waals surface area contributed by atoms with E-state index in [4.69, 9.17) is 23.2 Å². The van der Waals surface area contributed by atoms with E-state index in [1.807, 2.05) is 60.7 Å². The Balaban J connectivity index is 1.71.